The van der Waals surface area contributed by atoms with Crippen LogP contribution in [0, 0.1) is 11.8 Å². The Hall–Kier alpha value is -3.93. The molecule has 1 amide bonds. The molecule has 6 heteroatoms. The van der Waals surface area contributed by atoms with Crippen LogP contribution in [-0.4, -0.2) is 21.2 Å². The number of ether oxygens (including phenoxy) is 1. The molecule has 1 N–H and O–H groups in total. The fraction of sp³-hybridized carbons (Fsp3) is 0.323. The minimum atomic E-state index is -0.348. The number of rotatable bonds is 4. The first-order valence-electron chi connectivity index (χ1n) is 13.2. The summed E-state index contributed by atoms with van der Waals surface area (Å²) in [5.41, 5.74) is 5.11. The number of nitrogens with one attached hydrogen (secondary N) is 1. The van der Waals surface area contributed by atoms with Gasteiger partial charge in [-0.05, 0) is 78.1 Å². The third-order valence-electron chi connectivity index (χ3n) is 7.94. The predicted octanol–water partition coefficient (Wildman–Crippen LogP) is 6.47. The summed E-state index contributed by atoms with van der Waals surface area (Å²) in [4.78, 5) is 26.8. The minimum absolute atomic E-state index is 0.216. The molecular weight excluding hydrogens is 462 g/mol. The molecule has 6 rings (SSSR count). The smallest absolute Gasteiger partial charge is 0.410 e. The number of benzene rings is 3. The molecule has 0 unspecified atom stereocenters. The van der Waals surface area contributed by atoms with Crippen molar-refractivity contribution < 1.29 is 9.53 Å². The van der Waals surface area contributed by atoms with Crippen LogP contribution in [0.3, 0.4) is 0 Å². The van der Waals surface area contributed by atoms with Crippen molar-refractivity contribution in [2.75, 3.05) is 0 Å². The number of carbonyl (C=O) groups is 1. The molecule has 0 spiro atoms. The standard InChI is InChI=1S/C31H31N3O3/c1-20-6-8-21(9-7-20)16-22-10-11-24-18-34(19-25(24)17-22)31(36)37-26-14-12-23(13-15-26)29-27-4-2-3-5-28(27)30(35)33-32-29/h2-5,10-15,17,20-21H,6-9,16,18-19H2,1H3,(H,33,35). The molecule has 3 aromatic carbocycles. The normalized spacial score (nSPS) is 19.1. The SMILES string of the molecule is CC1CCC(Cc2ccc3c(c2)CN(C(=O)Oc2ccc(-c4n[nH]c(=O)c5ccccc45)cc2)C3)CC1. The summed E-state index contributed by atoms with van der Waals surface area (Å²) >= 11 is 0. The maximum atomic E-state index is 12.9. The molecule has 188 valence electrons. The first-order valence-corrected chi connectivity index (χ1v) is 13.2. The maximum Gasteiger partial charge on any atom is 0.415 e. The van der Waals surface area contributed by atoms with E-state index in [1.165, 1.54) is 42.4 Å². The van der Waals surface area contributed by atoms with E-state index >= 15 is 0 Å². The summed E-state index contributed by atoms with van der Waals surface area (Å²) < 4.78 is 5.70. The van der Waals surface area contributed by atoms with Gasteiger partial charge in [0.25, 0.3) is 5.56 Å². The summed E-state index contributed by atoms with van der Waals surface area (Å²) in [5.74, 6) is 2.13. The molecule has 0 radical (unpaired) electrons. The molecule has 1 aliphatic carbocycles. The summed E-state index contributed by atoms with van der Waals surface area (Å²) in [7, 11) is 0. The van der Waals surface area contributed by atoms with Gasteiger partial charge in [-0.1, -0.05) is 56.2 Å². The zero-order valence-electron chi connectivity index (χ0n) is 21.1. The van der Waals surface area contributed by atoms with Crippen LogP contribution in [0.2, 0.25) is 0 Å². The molecule has 1 aliphatic heterocycles. The second-order valence-electron chi connectivity index (χ2n) is 10.6. The van der Waals surface area contributed by atoms with Gasteiger partial charge < -0.3 is 4.74 Å². The summed E-state index contributed by atoms with van der Waals surface area (Å²) in [6, 6.07) is 21.3. The lowest BCUT2D eigenvalue weighted by atomic mass is 9.80. The van der Waals surface area contributed by atoms with E-state index in [0.717, 1.165) is 29.2 Å². The van der Waals surface area contributed by atoms with Crippen molar-refractivity contribution in [2.24, 2.45) is 11.8 Å². The molecule has 2 aliphatic rings. The van der Waals surface area contributed by atoms with Gasteiger partial charge in [-0.15, -0.1) is 0 Å². The second-order valence-corrected chi connectivity index (χ2v) is 10.6. The Kier molecular flexibility index (Phi) is 6.25. The van der Waals surface area contributed by atoms with Crippen molar-refractivity contribution in [3.05, 3.63) is 93.8 Å². The fourth-order valence-electron chi connectivity index (χ4n) is 5.75. The molecule has 37 heavy (non-hydrogen) atoms. The summed E-state index contributed by atoms with van der Waals surface area (Å²) in [6.07, 6.45) is 6.12. The highest BCUT2D eigenvalue weighted by atomic mass is 16.6. The molecule has 0 bridgehead atoms. The molecule has 4 aromatic rings. The Balaban J connectivity index is 1.11. The Morgan fingerprint density at radius 3 is 2.46 bits per heavy atom. The van der Waals surface area contributed by atoms with E-state index in [2.05, 4.69) is 35.3 Å². The van der Waals surface area contributed by atoms with Crippen molar-refractivity contribution in [3.8, 4) is 17.0 Å². The summed E-state index contributed by atoms with van der Waals surface area (Å²) in [6.45, 7) is 3.51. The molecule has 1 saturated carbocycles. The van der Waals surface area contributed by atoms with E-state index in [1.54, 1.807) is 23.1 Å². The van der Waals surface area contributed by atoms with Crippen molar-refractivity contribution >= 4 is 16.9 Å². The number of hydrogen-bond acceptors (Lipinski definition) is 4. The van der Waals surface area contributed by atoms with Crippen molar-refractivity contribution in [1.29, 1.82) is 0 Å². The largest absolute Gasteiger partial charge is 0.415 e. The number of aromatic nitrogens is 2. The van der Waals surface area contributed by atoms with Gasteiger partial charge in [0, 0.05) is 24.0 Å². The van der Waals surface area contributed by atoms with Crippen LogP contribution < -0.4 is 10.3 Å². The predicted molar refractivity (Wildman–Crippen MR) is 144 cm³/mol. The van der Waals surface area contributed by atoms with Crippen LogP contribution in [0.1, 0.15) is 49.3 Å². The Morgan fingerprint density at radius 2 is 1.68 bits per heavy atom. The lowest BCUT2D eigenvalue weighted by molar-refractivity contribution is 0.152. The van der Waals surface area contributed by atoms with E-state index in [0.29, 0.717) is 29.9 Å². The minimum Gasteiger partial charge on any atom is -0.410 e. The van der Waals surface area contributed by atoms with E-state index in [9.17, 15) is 9.59 Å². The molecule has 1 aromatic heterocycles. The monoisotopic (exact) mass is 493 g/mol. The highest BCUT2D eigenvalue weighted by Gasteiger charge is 2.26. The van der Waals surface area contributed by atoms with Crippen LogP contribution in [0.4, 0.5) is 4.79 Å². The molecule has 0 saturated heterocycles. The second kappa shape index (κ2) is 9.85. The summed E-state index contributed by atoms with van der Waals surface area (Å²) in [5, 5.41) is 8.18. The number of hydrogen-bond donors (Lipinski definition) is 1. The van der Waals surface area contributed by atoms with Gasteiger partial charge in [0.1, 0.15) is 5.75 Å². The van der Waals surface area contributed by atoms with Crippen LogP contribution in [0.15, 0.2) is 71.5 Å². The van der Waals surface area contributed by atoms with Crippen LogP contribution in [-0.2, 0) is 19.5 Å². The number of amides is 1. The van der Waals surface area contributed by atoms with E-state index in [4.69, 9.17) is 4.74 Å². The lowest BCUT2D eigenvalue weighted by Crippen LogP contribution is -2.28. The zero-order chi connectivity index (χ0) is 25.4. The van der Waals surface area contributed by atoms with Gasteiger partial charge in [-0.25, -0.2) is 9.89 Å². The van der Waals surface area contributed by atoms with Gasteiger partial charge >= 0.3 is 6.09 Å². The van der Waals surface area contributed by atoms with E-state index < -0.39 is 0 Å². The number of aromatic amines is 1. The van der Waals surface area contributed by atoms with Crippen LogP contribution in [0.25, 0.3) is 22.0 Å². The van der Waals surface area contributed by atoms with Crippen molar-refractivity contribution in [3.63, 3.8) is 0 Å². The number of fused-ring (bicyclic) bond motifs is 2. The molecule has 0 atom stereocenters. The fourth-order valence-corrected chi connectivity index (χ4v) is 5.75. The molecule has 2 heterocycles. The van der Waals surface area contributed by atoms with Gasteiger partial charge in [-0.3, -0.25) is 9.69 Å². The Morgan fingerprint density at radius 1 is 0.946 bits per heavy atom. The Bertz CT molecular complexity index is 1500. The molecule has 6 nitrogen and oxygen atoms in total. The van der Waals surface area contributed by atoms with Crippen molar-refractivity contribution in [1.82, 2.24) is 15.1 Å². The maximum absolute atomic E-state index is 12.9. The van der Waals surface area contributed by atoms with E-state index in [1.807, 2.05) is 30.3 Å². The van der Waals surface area contributed by atoms with Crippen LogP contribution in [0.5, 0.6) is 5.75 Å². The molecule has 1 fully saturated rings. The Labute approximate surface area is 216 Å². The lowest BCUT2D eigenvalue weighted by Gasteiger charge is -2.26. The van der Waals surface area contributed by atoms with Crippen molar-refractivity contribution in [2.45, 2.75) is 52.1 Å². The number of H-pyrrole nitrogens is 1. The third-order valence-corrected chi connectivity index (χ3v) is 7.94. The average molecular weight is 494 g/mol. The van der Waals surface area contributed by atoms with Crippen LogP contribution >= 0.6 is 0 Å². The average Bonchev–Trinajstić information content (AvgIpc) is 3.35. The first-order chi connectivity index (χ1) is 18.0. The van der Waals surface area contributed by atoms with Gasteiger partial charge in [-0.2, -0.15) is 5.10 Å². The van der Waals surface area contributed by atoms with E-state index in [-0.39, 0.29) is 11.7 Å². The van der Waals surface area contributed by atoms with Gasteiger partial charge in [0.2, 0.25) is 0 Å². The van der Waals surface area contributed by atoms with Gasteiger partial charge in [0.15, 0.2) is 0 Å². The number of nitrogens with zero attached hydrogens (tertiary/aromatic N) is 2. The highest BCUT2D eigenvalue weighted by molar-refractivity contribution is 5.93. The third kappa shape index (κ3) is 4.88. The quantitative estimate of drug-likeness (QED) is 0.353. The molecular formula is C31H31N3O3. The number of carbonyl (C=O) groups excluding carboxylic acids is 1. The van der Waals surface area contributed by atoms with Gasteiger partial charge in [0.05, 0.1) is 11.1 Å². The zero-order valence-corrected chi connectivity index (χ0v) is 21.1. The first kappa shape index (κ1) is 23.5. The highest BCUT2D eigenvalue weighted by Crippen LogP contribution is 2.32. The topological polar surface area (TPSA) is 75.3 Å².